The average molecular weight is 344 g/mol. The molecule has 0 saturated carbocycles. The molecule has 1 unspecified atom stereocenters. The van der Waals surface area contributed by atoms with Gasteiger partial charge in [-0.25, -0.2) is 0 Å². The maximum absolute atomic E-state index is 13.0. The van der Waals surface area contributed by atoms with Crippen molar-refractivity contribution < 1.29 is 18.0 Å². The normalized spacial score (nSPS) is 13.0. The molecule has 2 aromatic rings. The highest BCUT2D eigenvalue weighted by Crippen LogP contribution is 2.32. The van der Waals surface area contributed by atoms with E-state index in [1.54, 1.807) is 37.3 Å². The van der Waals surface area contributed by atoms with Crippen LogP contribution in [0.25, 0.3) is 6.08 Å². The zero-order valence-electron chi connectivity index (χ0n) is 13.3. The van der Waals surface area contributed by atoms with Crippen molar-refractivity contribution in [3.05, 3.63) is 76.9 Å². The van der Waals surface area contributed by atoms with Crippen molar-refractivity contribution in [1.82, 2.24) is 5.32 Å². The van der Waals surface area contributed by atoms with Gasteiger partial charge in [-0.1, -0.05) is 48.5 Å². The van der Waals surface area contributed by atoms with Gasteiger partial charge in [-0.05, 0) is 30.2 Å². The third kappa shape index (κ3) is 4.70. The van der Waals surface area contributed by atoms with Crippen LogP contribution in [-0.4, -0.2) is 5.91 Å². The van der Waals surface area contributed by atoms with E-state index in [-0.39, 0.29) is 17.2 Å². The summed E-state index contributed by atoms with van der Waals surface area (Å²) in [5, 5.41) is 11.8. The van der Waals surface area contributed by atoms with Crippen molar-refractivity contribution in [3.8, 4) is 6.07 Å². The van der Waals surface area contributed by atoms with Gasteiger partial charge in [0.05, 0.1) is 11.6 Å². The Morgan fingerprint density at radius 2 is 1.72 bits per heavy atom. The average Bonchev–Trinajstić information content (AvgIpc) is 2.59. The summed E-state index contributed by atoms with van der Waals surface area (Å²) in [4.78, 5) is 12.2. The van der Waals surface area contributed by atoms with Gasteiger partial charge in [0.2, 0.25) is 0 Å². The predicted octanol–water partition coefficient (Wildman–Crippen LogP) is 4.49. The highest BCUT2D eigenvalue weighted by molar-refractivity contribution is 6.02. The number of nitriles is 1. The number of nitrogens with one attached hydrogen (secondary N) is 1. The summed E-state index contributed by atoms with van der Waals surface area (Å²) in [6.07, 6.45) is -3.61. The molecule has 0 bridgehead atoms. The summed E-state index contributed by atoms with van der Waals surface area (Å²) >= 11 is 0. The molecule has 1 atom stereocenters. The van der Waals surface area contributed by atoms with Crippen LogP contribution >= 0.6 is 0 Å². The van der Waals surface area contributed by atoms with Gasteiger partial charge in [0, 0.05) is 0 Å². The lowest BCUT2D eigenvalue weighted by Crippen LogP contribution is -2.27. The number of nitrogens with zero attached hydrogens (tertiary/aromatic N) is 1. The summed E-state index contributed by atoms with van der Waals surface area (Å²) in [5.74, 6) is -0.726. The summed E-state index contributed by atoms with van der Waals surface area (Å²) in [5.41, 5.74) is -0.691. The molecule has 25 heavy (non-hydrogen) atoms. The van der Waals surface area contributed by atoms with E-state index in [4.69, 9.17) is 0 Å². The van der Waals surface area contributed by atoms with Crippen LogP contribution in [0.5, 0.6) is 0 Å². The molecule has 1 amide bonds. The molecule has 0 fully saturated rings. The lowest BCUT2D eigenvalue weighted by Gasteiger charge is -2.14. The fraction of sp³-hybridized carbons (Fsp3) is 0.158. The minimum absolute atomic E-state index is 0.228. The first kappa shape index (κ1) is 18.3. The quantitative estimate of drug-likeness (QED) is 0.656. The van der Waals surface area contributed by atoms with E-state index in [9.17, 15) is 23.2 Å². The Kier molecular flexibility index (Phi) is 5.60. The minimum Gasteiger partial charge on any atom is -0.345 e. The molecule has 0 aromatic heterocycles. The van der Waals surface area contributed by atoms with E-state index < -0.39 is 17.6 Å². The first-order valence-corrected chi connectivity index (χ1v) is 7.46. The topological polar surface area (TPSA) is 52.9 Å². The first-order chi connectivity index (χ1) is 11.8. The van der Waals surface area contributed by atoms with Crippen molar-refractivity contribution in [2.24, 2.45) is 0 Å². The zero-order valence-corrected chi connectivity index (χ0v) is 13.3. The van der Waals surface area contributed by atoms with Gasteiger partial charge < -0.3 is 5.32 Å². The number of hydrogen-bond donors (Lipinski definition) is 1. The first-order valence-electron chi connectivity index (χ1n) is 7.46. The second-order valence-electron chi connectivity index (χ2n) is 5.36. The van der Waals surface area contributed by atoms with Crippen LogP contribution in [0.4, 0.5) is 13.2 Å². The van der Waals surface area contributed by atoms with E-state index in [2.05, 4.69) is 5.32 Å². The van der Waals surface area contributed by atoms with E-state index in [1.807, 2.05) is 6.07 Å². The molecule has 0 aliphatic heterocycles. The Balaban J connectivity index is 2.27. The van der Waals surface area contributed by atoms with E-state index in [0.29, 0.717) is 0 Å². The van der Waals surface area contributed by atoms with Crippen molar-refractivity contribution in [3.63, 3.8) is 0 Å². The number of carbonyl (C=O) groups is 1. The molecule has 6 heteroatoms. The summed E-state index contributed by atoms with van der Waals surface area (Å²) in [6, 6.07) is 15.1. The second-order valence-corrected chi connectivity index (χ2v) is 5.36. The van der Waals surface area contributed by atoms with Crippen LogP contribution < -0.4 is 5.32 Å². The van der Waals surface area contributed by atoms with E-state index in [1.165, 1.54) is 18.2 Å². The molecule has 0 spiro atoms. The highest BCUT2D eigenvalue weighted by atomic mass is 19.4. The molecular weight excluding hydrogens is 329 g/mol. The maximum Gasteiger partial charge on any atom is 0.416 e. The molecular formula is C19H15F3N2O. The van der Waals surface area contributed by atoms with Crippen LogP contribution in [0.3, 0.4) is 0 Å². The zero-order chi connectivity index (χ0) is 18.4. The smallest absolute Gasteiger partial charge is 0.345 e. The fourth-order valence-corrected chi connectivity index (χ4v) is 2.28. The molecule has 128 valence electrons. The molecule has 0 radical (unpaired) electrons. The monoisotopic (exact) mass is 344 g/mol. The Morgan fingerprint density at radius 1 is 1.12 bits per heavy atom. The van der Waals surface area contributed by atoms with Gasteiger partial charge in [-0.15, -0.1) is 0 Å². The van der Waals surface area contributed by atoms with Crippen LogP contribution in [0.1, 0.15) is 29.7 Å². The number of amides is 1. The van der Waals surface area contributed by atoms with E-state index >= 15 is 0 Å². The van der Waals surface area contributed by atoms with Crippen molar-refractivity contribution in [2.45, 2.75) is 19.1 Å². The lowest BCUT2D eigenvalue weighted by molar-refractivity contribution is -0.137. The Morgan fingerprint density at radius 3 is 2.32 bits per heavy atom. The molecule has 1 N–H and O–H groups in total. The van der Waals surface area contributed by atoms with Gasteiger partial charge in [-0.3, -0.25) is 4.79 Å². The minimum atomic E-state index is -4.57. The van der Waals surface area contributed by atoms with Crippen molar-refractivity contribution in [1.29, 1.82) is 5.26 Å². The second kappa shape index (κ2) is 7.67. The standard InChI is InChI=1S/C19H15F3N2O/c1-13(14-7-3-2-4-8-14)24-18(25)16(12-23)11-15-9-5-6-10-17(15)19(20,21)22/h2-11,13H,1H3,(H,24,25)/b16-11+. The van der Waals surface area contributed by atoms with Gasteiger partial charge in [-0.2, -0.15) is 18.4 Å². The Hall–Kier alpha value is -3.07. The van der Waals surface area contributed by atoms with Gasteiger partial charge in [0.1, 0.15) is 11.6 Å². The number of rotatable bonds is 4. The molecule has 2 aromatic carbocycles. The molecule has 2 rings (SSSR count). The number of alkyl halides is 3. The van der Waals surface area contributed by atoms with Gasteiger partial charge in [0.25, 0.3) is 5.91 Å². The summed E-state index contributed by atoms with van der Waals surface area (Å²) in [7, 11) is 0. The lowest BCUT2D eigenvalue weighted by atomic mass is 10.0. The third-order valence-electron chi connectivity index (χ3n) is 3.58. The van der Waals surface area contributed by atoms with Crippen LogP contribution in [0.15, 0.2) is 60.2 Å². The predicted molar refractivity (Wildman–Crippen MR) is 88.0 cm³/mol. The molecule has 0 heterocycles. The maximum atomic E-state index is 13.0. The van der Waals surface area contributed by atoms with E-state index in [0.717, 1.165) is 17.7 Å². The number of carbonyl (C=O) groups excluding carboxylic acids is 1. The SMILES string of the molecule is CC(NC(=O)/C(C#N)=C/c1ccccc1C(F)(F)F)c1ccccc1. The van der Waals surface area contributed by atoms with Crippen LogP contribution in [-0.2, 0) is 11.0 Å². The van der Waals surface area contributed by atoms with Crippen LogP contribution in [0, 0.1) is 11.3 Å². The van der Waals surface area contributed by atoms with Gasteiger partial charge in [0.15, 0.2) is 0 Å². The Labute approximate surface area is 143 Å². The number of hydrogen-bond acceptors (Lipinski definition) is 2. The number of halogens is 3. The largest absolute Gasteiger partial charge is 0.416 e. The van der Waals surface area contributed by atoms with Crippen molar-refractivity contribution >= 4 is 12.0 Å². The molecule has 0 aliphatic carbocycles. The molecule has 0 aliphatic rings. The highest BCUT2D eigenvalue weighted by Gasteiger charge is 2.32. The Bertz CT molecular complexity index is 821. The van der Waals surface area contributed by atoms with Gasteiger partial charge >= 0.3 is 6.18 Å². The third-order valence-corrected chi connectivity index (χ3v) is 3.58. The molecule has 3 nitrogen and oxygen atoms in total. The summed E-state index contributed by atoms with van der Waals surface area (Å²) in [6.45, 7) is 1.73. The van der Waals surface area contributed by atoms with Crippen molar-refractivity contribution in [2.75, 3.05) is 0 Å². The fourth-order valence-electron chi connectivity index (χ4n) is 2.28. The number of benzene rings is 2. The molecule has 0 saturated heterocycles. The van der Waals surface area contributed by atoms with Crippen LogP contribution in [0.2, 0.25) is 0 Å². The summed E-state index contributed by atoms with van der Waals surface area (Å²) < 4.78 is 39.1.